The number of rotatable bonds is 9. The zero-order valence-corrected chi connectivity index (χ0v) is 23.4. The van der Waals surface area contributed by atoms with Gasteiger partial charge in [-0.1, -0.05) is 30.3 Å². The second-order valence-electron chi connectivity index (χ2n) is 10.3. The minimum atomic E-state index is -3.88. The summed E-state index contributed by atoms with van der Waals surface area (Å²) >= 11 is 0. The number of hydrogen-bond donors (Lipinski definition) is 2. The van der Waals surface area contributed by atoms with E-state index in [1.807, 2.05) is 30.3 Å². The smallest absolute Gasteiger partial charge is 0.238 e. The van der Waals surface area contributed by atoms with Crippen molar-refractivity contribution in [3.8, 4) is 28.3 Å². The van der Waals surface area contributed by atoms with Gasteiger partial charge in [0.05, 0.1) is 17.6 Å². The number of nitrogens with two attached hydrogens (primary N) is 1. The fourth-order valence-corrected chi connectivity index (χ4v) is 5.82. The van der Waals surface area contributed by atoms with Gasteiger partial charge in [0.2, 0.25) is 15.9 Å². The van der Waals surface area contributed by atoms with Gasteiger partial charge in [-0.3, -0.25) is 0 Å². The van der Waals surface area contributed by atoms with E-state index in [-0.39, 0.29) is 35.9 Å². The van der Waals surface area contributed by atoms with Gasteiger partial charge in [0.15, 0.2) is 18.2 Å². The molecule has 12 heteroatoms. The lowest BCUT2D eigenvalue weighted by molar-refractivity contribution is -0.162. The van der Waals surface area contributed by atoms with Crippen molar-refractivity contribution in [3.05, 3.63) is 90.1 Å². The third kappa shape index (κ3) is 5.69. The van der Waals surface area contributed by atoms with Crippen LogP contribution in [0.15, 0.2) is 82.1 Å². The summed E-state index contributed by atoms with van der Waals surface area (Å²) < 4.78 is 67.3. The van der Waals surface area contributed by atoms with E-state index in [0.717, 1.165) is 5.56 Å². The average Bonchev–Trinajstić information content (AvgIpc) is 3.57. The van der Waals surface area contributed by atoms with E-state index in [1.165, 1.54) is 24.3 Å². The van der Waals surface area contributed by atoms with Crippen LogP contribution < -0.4 is 9.88 Å². The first-order valence-electron chi connectivity index (χ1n) is 13.3. The van der Waals surface area contributed by atoms with Gasteiger partial charge in [-0.15, -0.1) is 0 Å². The quantitative estimate of drug-likeness (QED) is 0.289. The molecule has 4 atom stereocenters. The number of aliphatic hydroxyl groups is 1. The van der Waals surface area contributed by atoms with E-state index >= 15 is 0 Å². The number of aromatic nitrogens is 1. The molecule has 0 aliphatic carbocycles. The molecule has 0 spiro atoms. The molecule has 1 aromatic heterocycles. The molecule has 220 valence electrons. The molecule has 0 amide bonds. The van der Waals surface area contributed by atoms with Crippen molar-refractivity contribution in [3.63, 3.8) is 0 Å². The number of halogens is 1. The van der Waals surface area contributed by atoms with Gasteiger partial charge in [-0.2, -0.15) is 0 Å². The fraction of sp³-hybridized carbons (Fsp3) is 0.300. The second-order valence-corrected chi connectivity index (χ2v) is 11.9. The lowest BCUT2D eigenvalue weighted by atomic mass is 9.86. The van der Waals surface area contributed by atoms with Crippen LogP contribution in [0.2, 0.25) is 0 Å². The molecule has 2 saturated heterocycles. The van der Waals surface area contributed by atoms with E-state index < -0.39 is 33.8 Å². The van der Waals surface area contributed by atoms with Gasteiger partial charge in [0.1, 0.15) is 29.5 Å². The zero-order valence-electron chi connectivity index (χ0n) is 22.6. The third-order valence-electron chi connectivity index (χ3n) is 7.43. The van der Waals surface area contributed by atoms with Crippen LogP contribution in [0, 0.1) is 5.82 Å². The van der Waals surface area contributed by atoms with Gasteiger partial charge in [-0.05, 0) is 42.0 Å². The van der Waals surface area contributed by atoms with E-state index in [4.69, 9.17) is 28.5 Å². The monoisotopic (exact) mass is 596 g/mol. The Kier molecular flexibility index (Phi) is 7.60. The van der Waals surface area contributed by atoms with Gasteiger partial charge < -0.3 is 28.5 Å². The van der Waals surface area contributed by atoms with Crippen LogP contribution in [0.3, 0.4) is 0 Å². The number of methoxy groups -OCH3 is 1. The summed E-state index contributed by atoms with van der Waals surface area (Å²) in [6.07, 6.45) is -0.715. The average molecular weight is 597 g/mol. The van der Waals surface area contributed by atoms with E-state index in [1.54, 1.807) is 25.3 Å². The van der Waals surface area contributed by atoms with Crippen LogP contribution in [0.25, 0.3) is 22.6 Å². The first-order chi connectivity index (χ1) is 20.1. The van der Waals surface area contributed by atoms with Crippen molar-refractivity contribution in [2.45, 2.75) is 41.8 Å². The first kappa shape index (κ1) is 28.5. The Morgan fingerprint density at radius 2 is 1.88 bits per heavy atom. The summed E-state index contributed by atoms with van der Waals surface area (Å²) in [5.74, 6) is -0.0363. The number of sulfonamides is 1. The highest BCUT2D eigenvalue weighted by Gasteiger charge is 2.49. The molecule has 6 rings (SSSR count). The van der Waals surface area contributed by atoms with E-state index in [2.05, 4.69) is 4.98 Å². The van der Waals surface area contributed by atoms with Crippen molar-refractivity contribution in [2.75, 3.05) is 20.3 Å². The number of benzene rings is 3. The molecular weight excluding hydrogens is 567 g/mol. The number of ether oxygens (including phenoxy) is 4. The molecule has 2 aliphatic heterocycles. The van der Waals surface area contributed by atoms with Gasteiger partial charge >= 0.3 is 0 Å². The van der Waals surface area contributed by atoms with Crippen LogP contribution in [0.5, 0.6) is 5.75 Å². The minimum Gasteiger partial charge on any atom is -0.490 e. The molecule has 3 N–H and O–H groups in total. The number of hydrogen-bond acceptors (Lipinski definition) is 9. The molecule has 2 aliphatic rings. The Bertz CT molecular complexity index is 1680. The molecule has 4 aromatic rings. The van der Waals surface area contributed by atoms with E-state index in [0.29, 0.717) is 35.4 Å². The highest BCUT2D eigenvalue weighted by molar-refractivity contribution is 7.89. The van der Waals surface area contributed by atoms with Crippen LogP contribution in [-0.2, 0) is 29.8 Å². The number of nitrogens with zero attached hydrogens (tertiary/aromatic N) is 1. The van der Waals surface area contributed by atoms with Gasteiger partial charge in [-0.25, -0.2) is 22.9 Å². The van der Waals surface area contributed by atoms with Gasteiger partial charge in [0.25, 0.3) is 0 Å². The normalized spacial score (nSPS) is 22.7. The molecule has 3 heterocycles. The largest absolute Gasteiger partial charge is 0.490 e. The van der Waals surface area contributed by atoms with Crippen LogP contribution in [0.1, 0.15) is 30.4 Å². The predicted octanol–water partition coefficient (Wildman–Crippen LogP) is 4.28. The number of fused-ring (bicyclic) bond motifs is 2. The summed E-state index contributed by atoms with van der Waals surface area (Å²) in [6, 6.07) is 19.3. The Balaban J connectivity index is 1.25. The molecule has 2 bridgehead atoms. The minimum absolute atomic E-state index is 0.0276. The molecule has 10 nitrogen and oxygen atoms in total. The molecule has 0 radical (unpaired) electrons. The summed E-state index contributed by atoms with van der Waals surface area (Å²) in [4.78, 5) is 4.48. The highest BCUT2D eigenvalue weighted by atomic mass is 32.2. The van der Waals surface area contributed by atoms with Crippen LogP contribution in [0.4, 0.5) is 4.39 Å². The maximum Gasteiger partial charge on any atom is 0.238 e. The lowest BCUT2D eigenvalue weighted by Crippen LogP contribution is -2.39. The maximum atomic E-state index is 14.7. The summed E-state index contributed by atoms with van der Waals surface area (Å²) in [5.41, 5.74) is 1.39. The standard InChI is InChI=1S/C30H29FN2O8S/c1-37-23-14-26-39-17-30(15-23,41-26)20-11-21(31)13-22(12-20)38-16-25(34)29-33-27(18-5-3-2-4-6-18)28(40-29)19-7-9-24(10-8-19)42(32,35)36/h2-13,23,25-26,34H,14-17H2,1H3,(H2,32,35,36)/t23-,25?,26-,30-/m1/s1. The van der Waals surface area contributed by atoms with Crippen LogP contribution >= 0.6 is 0 Å². The van der Waals surface area contributed by atoms with Crippen molar-refractivity contribution < 1.29 is 41.3 Å². The molecule has 2 fully saturated rings. The zero-order chi connectivity index (χ0) is 29.5. The second kappa shape index (κ2) is 11.2. The fourth-order valence-electron chi connectivity index (χ4n) is 5.30. The third-order valence-corrected chi connectivity index (χ3v) is 8.36. The van der Waals surface area contributed by atoms with Crippen molar-refractivity contribution in [1.29, 1.82) is 0 Å². The number of primary sulfonamides is 1. The van der Waals surface area contributed by atoms with Crippen molar-refractivity contribution in [1.82, 2.24) is 4.98 Å². The Labute approximate surface area is 241 Å². The Morgan fingerprint density at radius 1 is 1.12 bits per heavy atom. The number of oxazole rings is 1. The maximum absolute atomic E-state index is 14.7. The first-order valence-corrected chi connectivity index (χ1v) is 14.8. The topological polar surface area (TPSA) is 143 Å². The predicted molar refractivity (Wildman–Crippen MR) is 148 cm³/mol. The van der Waals surface area contributed by atoms with Crippen molar-refractivity contribution >= 4 is 10.0 Å². The Hall–Kier alpha value is -3.65. The van der Waals surface area contributed by atoms with Crippen LogP contribution in [-0.4, -0.2) is 51.2 Å². The summed E-state index contributed by atoms with van der Waals surface area (Å²) in [7, 11) is -2.25. The highest BCUT2D eigenvalue weighted by Crippen LogP contribution is 2.45. The number of aliphatic hydroxyl groups excluding tert-OH is 1. The molecule has 0 saturated carbocycles. The molecule has 42 heavy (non-hydrogen) atoms. The van der Waals surface area contributed by atoms with Crippen molar-refractivity contribution in [2.24, 2.45) is 5.14 Å². The summed E-state index contributed by atoms with van der Waals surface area (Å²) in [6.45, 7) is -0.0162. The molecular formula is C30H29FN2O8S. The SMILES string of the molecule is CO[C@@H]1C[C@@H]2OC[C@@](c3cc(F)cc(OCC(O)c4nc(-c5ccccc5)c(-c5ccc(S(N)(=O)=O)cc5)o4)c3)(C1)O2. The summed E-state index contributed by atoms with van der Waals surface area (Å²) in [5, 5.41) is 16.2. The van der Waals surface area contributed by atoms with Gasteiger partial charge in [0, 0.05) is 37.1 Å². The Morgan fingerprint density at radius 3 is 2.60 bits per heavy atom. The van der Waals surface area contributed by atoms with E-state index in [9.17, 15) is 17.9 Å². The molecule has 3 aromatic carbocycles. The lowest BCUT2D eigenvalue weighted by Gasteiger charge is -2.35. The molecule has 1 unspecified atom stereocenters.